The van der Waals surface area contributed by atoms with Gasteiger partial charge in [-0.1, -0.05) is 6.07 Å². The number of nitrogens with zero attached hydrogens (tertiary/aromatic N) is 2. The molecule has 0 aliphatic rings. The normalized spacial score (nSPS) is 13.4. The largest absolute Gasteiger partial charge is 0.475 e. The summed E-state index contributed by atoms with van der Waals surface area (Å²) in [5.41, 5.74) is -0.286. The van der Waals surface area contributed by atoms with E-state index in [4.69, 9.17) is 13.9 Å². The van der Waals surface area contributed by atoms with Crippen LogP contribution < -0.4 is 15.4 Å². The number of methoxy groups -OCH3 is 1. The average molecular weight is 504 g/mol. The lowest BCUT2D eigenvalue weighted by atomic mass is 10.0. The second kappa shape index (κ2) is 12.6. The molecule has 9 heteroatoms. The maximum atomic E-state index is 10.6. The van der Waals surface area contributed by atoms with E-state index in [2.05, 4.69) is 20.6 Å². The van der Waals surface area contributed by atoms with Crippen molar-refractivity contribution in [1.29, 1.82) is 0 Å². The van der Waals surface area contributed by atoms with Crippen LogP contribution in [0.1, 0.15) is 25.2 Å². The highest BCUT2D eigenvalue weighted by Gasteiger charge is 2.26. The molecule has 1 unspecified atom stereocenters. The molecule has 0 saturated heterocycles. The van der Waals surface area contributed by atoms with Crippen LogP contribution in [0, 0.1) is 0 Å². The monoisotopic (exact) mass is 504 g/mol. The van der Waals surface area contributed by atoms with Crippen molar-refractivity contribution in [3.8, 4) is 5.88 Å². The Balaban J connectivity index is 0.00000392. The predicted octanol–water partition coefficient (Wildman–Crippen LogP) is 2.28. The topological polar surface area (TPSA) is 101 Å². The first-order valence-electron chi connectivity index (χ1n) is 8.91. The number of aliphatic hydroxyl groups is 1. The Kier molecular flexibility index (Phi) is 10.9. The third-order valence-electron chi connectivity index (χ3n) is 3.78. The van der Waals surface area contributed by atoms with Crippen LogP contribution in [0.2, 0.25) is 0 Å². The minimum Gasteiger partial charge on any atom is -0.475 e. The van der Waals surface area contributed by atoms with Gasteiger partial charge in [0.15, 0.2) is 5.96 Å². The number of hydrogen-bond donors (Lipinski definition) is 3. The fourth-order valence-electron chi connectivity index (χ4n) is 2.33. The van der Waals surface area contributed by atoms with E-state index in [-0.39, 0.29) is 30.5 Å². The SMILES string of the molecule is CCNC(=NCc1cccnc1OCCOC)NCC(C)(O)c1ccco1.I. The summed E-state index contributed by atoms with van der Waals surface area (Å²) in [7, 11) is 1.62. The second-order valence-corrected chi connectivity index (χ2v) is 6.11. The van der Waals surface area contributed by atoms with Gasteiger partial charge >= 0.3 is 0 Å². The van der Waals surface area contributed by atoms with Crippen LogP contribution in [0.4, 0.5) is 0 Å². The molecule has 0 bridgehead atoms. The summed E-state index contributed by atoms with van der Waals surface area (Å²) < 4.78 is 15.9. The van der Waals surface area contributed by atoms with Gasteiger partial charge in [-0.15, -0.1) is 24.0 Å². The lowest BCUT2D eigenvalue weighted by molar-refractivity contribution is 0.0386. The summed E-state index contributed by atoms with van der Waals surface area (Å²) in [6.07, 6.45) is 3.22. The maximum Gasteiger partial charge on any atom is 0.218 e. The number of aliphatic imine (C=N–C) groups is 1. The van der Waals surface area contributed by atoms with Crippen molar-refractivity contribution >= 4 is 29.9 Å². The van der Waals surface area contributed by atoms with E-state index in [1.165, 1.54) is 6.26 Å². The minimum absolute atomic E-state index is 0. The number of guanidine groups is 1. The number of aromatic nitrogens is 1. The van der Waals surface area contributed by atoms with Gasteiger partial charge < -0.3 is 29.6 Å². The molecule has 3 N–H and O–H groups in total. The maximum absolute atomic E-state index is 10.6. The Bertz CT molecular complexity index is 708. The molecule has 0 saturated carbocycles. The fraction of sp³-hybridized carbons (Fsp3) is 0.474. The quantitative estimate of drug-likeness (QED) is 0.198. The average Bonchev–Trinajstić information content (AvgIpc) is 3.21. The molecule has 0 amide bonds. The fourth-order valence-corrected chi connectivity index (χ4v) is 2.33. The van der Waals surface area contributed by atoms with Crippen molar-refractivity contribution in [3.05, 3.63) is 48.0 Å². The van der Waals surface area contributed by atoms with Gasteiger partial charge in [0, 0.05) is 25.4 Å². The van der Waals surface area contributed by atoms with E-state index < -0.39 is 5.60 Å². The van der Waals surface area contributed by atoms with E-state index in [0.717, 1.165) is 5.56 Å². The van der Waals surface area contributed by atoms with Gasteiger partial charge in [0.05, 0.1) is 26.0 Å². The molecular weight excluding hydrogens is 475 g/mol. The lowest BCUT2D eigenvalue weighted by Crippen LogP contribution is -2.44. The molecular formula is C19H29IN4O4. The molecule has 8 nitrogen and oxygen atoms in total. The van der Waals surface area contributed by atoms with E-state index in [1.807, 2.05) is 19.1 Å². The number of rotatable bonds is 10. The molecule has 156 valence electrons. The van der Waals surface area contributed by atoms with Crippen molar-refractivity contribution in [2.45, 2.75) is 26.0 Å². The molecule has 0 aliphatic carbocycles. The first-order chi connectivity index (χ1) is 13.1. The van der Waals surface area contributed by atoms with Crippen LogP contribution in [-0.4, -0.2) is 49.5 Å². The summed E-state index contributed by atoms with van der Waals surface area (Å²) in [6, 6.07) is 7.25. The number of halogens is 1. The summed E-state index contributed by atoms with van der Waals surface area (Å²) in [4.78, 5) is 8.81. The lowest BCUT2D eigenvalue weighted by Gasteiger charge is -2.22. The van der Waals surface area contributed by atoms with E-state index in [0.29, 0.717) is 43.9 Å². The van der Waals surface area contributed by atoms with Gasteiger partial charge in [-0.05, 0) is 32.0 Å². The number of furan rings is 1. The molecule has 0 fully saturated rings. The zero-order chi connectivity index (χ0) is 19.5. The van der Waals surface area contributed by atoms with Crippen LogP contribution in [0.5, 0.6) is 5.88 Å². The number of ether oxygens (including phenoxy) is 2. The Hall–Kier alpha value is -1.85. The van der Waals surface area contributed by atoms with Crippen LogP contribution in [0.15, 0.2) is 46.1 Å². The molecule has 2 heterocycles. The standard InChI is InChI=1S/C19H28N4O4.HI/c1-4-20-18(23-14-19(2,24)16-8-6-10-26-16)22-13-15-7-5-9-21-17(15)27-12-11-25-3;/h5-10,24H,4,11-14H2,1-3H3,(H2,20,22,23);1H. The molecule has 0 aromatic carbocycles. The van der Waals surface area contributed by atoms with Gasteiger partial charge in [0.1, 0.15) is 18.0 Å². The van der Waals surface area contributed by atoms with Crippen LogP contribution in [0.3, 0.4) is 0 Å². The van der Waals surface area contributed by atoms with Crippen LogP contribution in [0.25, 0.3) is 0 Å². The Morgan fingerprint density at radius 2 is 2.11 bits per heavy atom. The molecule has 0 aliphatic heterocycles. The van der Waals surface area contributed by atoms with Gasteiger partial charge in [-0.3, -0.25) is 0 Å². The minimum atomic E-state index is -1.15. The Labute approximate surface area is 182 Å². The van der Waals surface area contributed by atoms with Gasteiger partial charge in [0.25, 0.3) is 0 Å². The van der Waals surface area contributed by atoms with Crippen molar-refractivity contribution < 1.29 is 19.0 Å². The highest BCUT2D eigenvalue weighted by molar-refractivity contribution is 14.0. The van der Waals surface area contributed by atoms with Crippen LogP contribution in [-0.2, 0) is 16.9 Å². The zero-order valence-corrected chi connectivity index (χ0v) is 18.8. The van der Waals surface area contributed by atoms with Crippen molar-refractivity contribution in [2.75, 3.05) is 33.4 Å². The summed E-state index contributed by atoms with van der Waals surface area (Å²) >= 11 is 0. The number of pyridine rings is 1. The highest BCUT2D eigenvalue weighted by Crippen LogP contribution is 2.20. The molecule has 28 heavy (non-hydrogen) atoms. The second-order valence-electron chi connectivity index (χ2n) is 6.11. The molecule has 2 aromatic heterocycles. The summed E-state index contributed by atoms with van der Waals surface area (Å²) in [6.45, 7) is 5.90. The molecule has 1 atom stereocenters. The zero-order valence-electron chi connectivity index (χ0n) is 16.5. The van der Waals surface area contributed by atoms with Gasteiger partial charge in [-0.25, -0.2) is 9.98 Å². The molecule has 2 aromatic rings. The Morgan fingerprint density at radius 3 is 2.79 bits per heavy atom. The summed E-state index contributed by atoms with van der Waals surface area (Å²) in [5, 5.41) is 16.9. The third kappa shape index (κ3) is 7.64. The summed E-state index contributed by atoms with van der Waals surface area (Å²) in [5.74, 6) is 1.61. The van der Waals surface area contributed by atoms with Crippen molar-refractivity contribution in [1.82, 2.24) is 15.6 Å². The molecule has 0 radical (unpaired) electrons. The van der Waals surface area contributed by atoms with Crippen LogP contribution >= 0.6 is 24.0 Å². The smallest absolute Gasteiger partial charge is 0.218 e. The number of hydrogen-bond acceptors (Lipinski definition) is 6. The highest BCUT2D eigenvalue weighted by atomic mass is 127. The van der Waals surface area contributed by atoms with Gasteiger partial charge in [0.2, 0.25) is 5.88 Å². The Morgan fingerprint density at radius 1 is 1.29 bits per heavy atom. The van der Waals surface area contributed by atoms with Crippen molar-refractivity contribution in [3.63, 3.8) is 0 Å². The van der Waals surface area contributed by atoms with Crippen molar-refractivity contribution in [2.24, 2.45) is 4.99 Å². The molecule has 2 rings (SSSR count). The third-order valence-corrected chi connectivity index (χ3v) is 3.78. The van der Waals surface area contributed by atoms with E-state index >= 15 is 0 Å². The first-order valence-corrected chi connectivity index (χ1v) is 8.91. The number of nitrogens with one attached hydrogen (secondary N) is 2. The van der Waals surface area contributed by atoms with E-state index in [1.54, 1.807) is 32.4 Å². The van der Waals surface area contributed by atoms with Gasteiger partial charge in [-0.2, -0.15) is 0 Å². The molecule has 0 spiro atoms. The first kappa shape index (κ1) is 24.2. The van der Waals surface area contributed by atoms with E-state index in [9.17, 15) is 5.11 Å². The predicted molar refractivity (Wildman–Crippen MR) is 118 cm³/mol.